The van der Waals surface area contributed by atoms with Gasteiger partial charge in [0.25, 0.3) is 5.91 Å². The fraction of sp³-hybridized carbons (Fsp3) is 0.227. The van der Waals surface area contributed by atoms with E-state index >= 15 is 0 Å². The highest BCUT2D eigenvalue weighted by atomic mass is 35.5. The zero-order valence-electron chi connectivity index (χ0n) is 16.7. The average molecular weight is 442 g/mol. The van der Waals surface area contributed by atoms with Crippen molar-refractivity contribution in [2.75, 3.05) is 16.8 Å². The monoisotopic (exact) mass is 441 g/mol. The van der Waals surface area contributed by atoms with E-state index in [0.29, 0.717) is 22.1 Å². The highest BCUT2D eigenvalue weighted by molar-refractivity contribution is 7.09. The normalized spacial score (nSPS) is 15.5. The smallest absolute Gasteiger partial charge is 0.268 e. The summed E-state index contributed by atoms with van der Waals surface area (Å²) in [5.74, 6) is -0.00547. The van der Waals surface area contributed by atoms with Crippen LogP contribution in [0.1, 0.15) is 17.5 Å². The summed E-state index contributed by atoms with van der Waals surface area (Å²) in [6.45, 7) is 5.36. The van der Waals surface area contributed by atoms with Crippen molar-refractivity contribution in [2.45, 2.75) is 26.9 Å². The molecule has 2 heterocycles. The predicted molar refractivity (Wildman–Crippen MR) is 120 cm³/mol. The molecule has 154 valence electrons. The van der Waals surface area contributed by atoms with Gasteiger partial charge in [-0.3, -0.25) is 14.5 Å². The summed E-state index contributed by atoms with van der Waals surface area (Å²) in [5, 5.41) is 6.38. The Morgan fingerprint density at radius 2 is 2.07 bits per heavy atom. The summed E-state index contributed by atoms with van der Waals surface area (Å²) in [4.78, 5) is 31.5. The predicted octanol–water partition coefficient (Wildman–Crippen LogP) is 4.83. The van der Waals surface area contributed by atoms with Crippen LogP contribution in [0, 0.1) is 13.8 Å². The van der Waals surface area contributed by atoms with Gasteiger partial charge in [-0.1, -0.05) is 11.6 Å². The third kappa shape index (κ3) is 4.04. The molecule has 1 aliphatic rings. The van der Waals surface area contributed by atoms with E-state index in [1.165, 1.54) is 4.90 Å². The second-order valence-electron chi connectivity index (χ2n) is 7.13. The van der Waals surface area contributed by atoms with Gasteiger partial charge in [0, 0.05) is 21.7 Å². The molecule has 1 N–H and O–H groups in total. The van der Waals surface area contributed by atoms with Crippen LogP contribution in [-0.2, 0) is 9.59 Å². The fourth-order valence-electron chi connectivity index (χ4n) is 3.33. The summed E-state index contributed by atoms with van der Waals surface area (Å²) in [5.41, 5.74) is 3.75. The van der Waals surface area contributed by atoms with Crippen molar-refractivity contribution in [3.8, 4) is 17.0 Å². The SMILES string of the molecule is Cc1nc(-c2ccc3c(c2)N(CC(=O)Nc2ccc(Cl)cc2C)C(=O)C(C)O3)cs1. The second kappa shape index (κ2) is 8.08. The molecule has 4 rings (SSSR count). The van der Waals surface area contributed by atoms with Gasteiger partial charge in [0.15, 0.2) is 6.10 Å². The molecule has 8 heteroatoms. The van der Waals surface area contributed by atoms with Crippen LogP contribution in [0.3, 0.4) is 0 Å². The molecule has 0 radical (unpaired) electrons. The molecule has 3 aromatic rings. The number of benzene rings is 2. The van der Waals surface area contributed by atoms with Crippen molar-refractivity contribution in [1.29, 1.82) is 0 Å². The molecule has 2 aromatic carbocycles. The number of amides is 2. The lowest BCUT2D eigenvalue weighted by molar-refractivity contribution is -0.127. The summed E-state index contributed by atoms with van der Waals surface area (Å²) in [7, 11) is 0. The number of nitrogens with one attached hydrogen (secondary N) is 1. The molecule has 1 aliphatic heterocycles. The molecule has 0 bridgehead atoms. The van der Waals surface area contributed by atoms with Crippen molar-refractivity contribution < 1.29 is 14.3 Å². The number of thiazole rings is 1. The van der Waals surface area contributed by atoms with Crippen molar-refractivity contribution in [3.63, 3.8) is 0 Å². The number of nitrogens with zero attached hydrogens (tertiary/aromatic N) is 2. The quantitative estimate of drug-likeness (QED) is 0.629. The number of fused-ring (bicyclic) bond motifs is 1. The van der Waals surface area contributed by atoms with Gasteiger partial charge in [0.2, 0.25) is 5.91 Å². The lowest BCUT2D eigenvalue weighted by Crippen LogP contribution is -2.47. The Bertz CT molecular complexity index is 1140. The minimum atomic E-state index is -0.671. The van der Waals surface area contributed by atoms with Gasteiger partial charge in [0.1, 0.15) is 12.3 Å². The third-order valence-electron chi connectivity index (χ3n) is 4.85. The summed E-state index contributed by atoms with van der Waals surface area (Å²) < 4.78 is 5.75. The number of aromatic nitrogens is 1. The highest BCUT2D eigenvalue weighted by Crippen LogP contribution is 2.37. The molecule has 0 aliphatic carbocycles. The summed E-state index contributed by atoms with van der Waals surface area (Å²) in [6, 6.07) is 10.8. The Labute approximate surface area is 183 Å². The summed E-state index contributed by atoms with van der Waals surface area (Å²) >= 11 is 7.54. The van der Waals surface area contributed by atoms with Crippen LogP contribution in [0.2, 0.25) is 5.02 Å². The molecule has 0 saturated carbocycles. The van der Waals surface area contributed by atoms with Crippen LogP contribution < -0.4 is 15.0 Å². The molecule has 1 unspecified atom stereocenters. The Hall–Kier alpha value is -2.90. The zero-order valence-corrected chi connectivity index (χ0v) is 18.3. The average Bonchev–Trinajstić information content (AvgIpc) is 3.14. The van der Waals surface area contributed by atoms with E-state index in [0.717, 1.165) is 21.8 Å². The Morgan fingerprint density at radius 1 is 1.27 bits per heavy atom. The first-order valence-corrected chi connectivity index (χ1v) is 10.7. The van der Waals surface area contributed by atoms with E-state index in [9.17, 15) is 9.59 Å². The van der Waals surface area contributed by atoms with Crippen LogP contribution >= 0.6 is 22.9 Å². The molecule has 1 aromatic heterocycles. The molecule has 2 amide bonds. The first-order valence-electron chi connectivity index (χ1n) is 9.42. The van der Waals surface area contributed by atoms with Gasteiger partial charge < -0.3 is 10.1 Å². The number of hydrogen-bond donors (Lipinski definition) is 1. The number of hydrogen-bond acceptors (Lipinski definition) is 5. The maximum Gasteiger partial charge on any atom is 0.268 e. The number of ether oxygens (including phenoxy) is 1. The third-order valence-corrected chi connectivity index (χ3v) is 5.85. The number of carbonyl (C=O) groups is 2. The van der Waals surface area contributed by atoms with E-state index in [-0.39, 0.29) is 18.4 Å². The highest BCUT2D eigenvalue weighted by Gasteiger charge is 2.33. The van der Waals surface area contributed by atoms with Gasteiger partial charge in [-0.2, -0.15) is 0 Å². The number of aryl methyl sites for hydroxylation is 2. The van der Waals surface area contributed by atoms with Crippen molar-refractivity contribution >= 4 is 46.1 Å². The number of carbonyl (C=O) groups excluding carboxylic acids is 2. The number of halogens is 1. The molecule has 6 nitrogen and oxygen atoms in total. The Balaban J connectivity index is 1.62. The van der Waals surface area contributed by atoms with Gasteiger partial charge in [-0.25, -0.2) is 4.98 Å². The lowest BCUT2D eigenvalue weighted by Gasteiger charge is -2.33. The second-order valence-corrected chi connectivity index (χ2v) is 8.62. The lowest BCUT2D eigenvalue weighted by atomic mass is 10.1. The molecular formula is C22H20ClN3O3S. The molecule has 1 atom stereocenters. The largest absolute Gasteiger partial charge is 0.479 e. The molecular weight excluding hydrogens is 422 g/mol. The molecule has 0 saturated heterocycles. The van der Waals surface area contributed by atoms with Gasteiger partial charge in [-0.15, -0.1) is 11.3 Å². The maximum atomic E-state index is 12.8. The minimum absolute atomic E-state index is 0.124. The van der Waals surface area contributed by atoms with Gasteiger partial charge in [0.05, 0.1) is 16.4 Å². The van der Waals surface area contributed by atoms with Crippen molar-refractivity contribution in [2.24, 2.45) is 0 Å². The molecule has 0 spiro atoms. The van der Waals surface area contributed by atoms with E-state index in [2.05, 4.69) is 10.3 Å². The van der Waals surface area contributed by atoms with Crippen molar-refractivity contribution in [3.05, 3.63) is 57.4 Å². The van der Waals surface area contributed by atoms with Crippen LogP contribution in [0.4, 0.5) is 11.4 Å². The Kier molecular flexibility index (Phi) is 5.49. The zero-order chi connectivity index (χ0) is 21.4. The number of rotatable bonds is 4. The standard InChI is InChI=1S/C22H20ClN3O3S/c1-12-8-16(23)5-6-17(12)25-21(27)10-26-19-9-15(18-11-30-14(3)24-18)4-7-20(19)29-13(2)22(26)28/h4-9,11,13H,10H2,1-3H3,(H,25,27). The Morgan fingerprint density at radius 3 is 2.77 bits per heavy atom. The number of anilines is 2. The van der Waals surface area contributed by atoms with E-state index in [1.807, 2.05) is 37.4 Å². The maximum absolute atomic E-state index is 12.8. The first kappa shape index (κ1) is 20.4. The van der Waals surface area contributed by atoms with Crippen LogP contribution in [0.15, 0.2) is 41.8 Å². The summed E-state index contributed by atoms with van der Waals surface area (Å²) in [6.07, 6.45) is -0.671. The van der Waals surface area contributed by atoms with Gasteiger partial charge in [-0.05, 0) is 62.7 Å². The van der Waals surface area contributed by atoms with Crippen LogP contribution in [0.25, 0.3) is 11.3 Å². The fourth-order valence-corrected chi connectivity index (χ4v) is 4.17. The molecule has 30 heavy (non-hydrogen) atoms. The topological polar surface area (TPSA) is 71.5 Å². The van der Waals surface area contributed by atoms with Crippen molar-refractivity contribution in [1.82, 2.24) is 4.98 Å². The van der Waals surface area contributed by atoms with E-state index in [4.69, 9.17) is 16.3 Å². The van der Waals surface area contributed by atoms with Gasteiger partial charge >= 0.3 is 0 Å². The van der Waals surface area contributed by atoms with E-state index in [1.54, 1.807) is 36.5 Å². The first-order chi connectivity index (χ1) is 14.3. The van der Waals surface area contributed by atoms with Crippen LogP contribution in [-0.4, -0.2) is 29.4 Å². The van der Waals surface area contributed by atoms with Crippen LogP contribution in [0.5, 0.6) is 5.75 Å². The minimum Gasteiger partial charge on any atom is -0.479 e. The van der Waals surface area contributed by atoms with E-state index < -0.39 is 6.10 Å². The molecule has 0 fully saturated rings.